The molecule has 0 saturated heterocycles. The highest BCUT2D eigenvalue weighted by molar-refractivity contribution is 7.08. The van der Waals surface area contributed by atoms with E-state index in [-0.39, 0.29) is 11.8 Å². The molecule has 0 aliphatic carbocycles. The van der Waals surface area contributed by atoms with Crippen molar-refractivity contribution in [3.63, 3.8) is 0 Å². The Balaban J connectivity index is 1.84. The van der Waals surface area contributed by atoms with E-state index in [1.54, 1.807) is 28.4 Å². The maximum Gasteiger partial charge on any atom is 0.248 e. The lowest BCUT2D eigenvalue weighted by molar-refractivity contribution is -0.127. The highest BCUT2D eigenvalue weighted by atomic mass is 32.1. The standard InChI is InChI=1S/C23H28N2O3S/c1-16(2)9-11-25-19-13-18(24-21(26)8-5-17-10-12-29-14-17)6-7-20(19)28-15-23(3,4)22(25)27/h5-8,10,12-14,16H,9,11,15H2,1-4H3,(H,24,26)/b8-5+. The lowest BCUT2D eigenvalue weighted by Gasteiger charge is -2.28. The van der Waals surface area contributed by atoms with Gasteiger partial charge in [0.25, 0.3) is 0 Å². The first-order valence-electron chi connectivity index (χ1n) is 9.86. The summed E-state index contributed by atoms with van der Waals surface area (Å²) in [6.07, 6.45) is 4.18. The second kappa shape index (κ2) is 8.82. The number of hydrogen-bond acceptors (Lipinski definition) is 4. The Bertz CT molecular complexity index is 901. The second-order valence-corrected chi connectivity index (χ2v) is 9.15. The van der Waals surface area contributed by atoms with Gasteiger partial charge in [0.05, 0.1) is 11.1 Å². The minimum atomic E-state index is -0.608. The molecular weight excluding hydrogens is 384 g/mol. The average Bonchev–Trinajstić information content (AvgIpc) is 3.16. The van der Waals surface area contributed by atoms with Crippen LogP contribution >= 0.6 is 11.3 Å². The van der Waals surface area contributed by atoms with Gasteiger partial charge in [-0.25, -0.2) is 0 Å². The van der Waals surface area contributed by atoms with Crippen LogP contribution in [0.3, 0.4) is 0 Å². The van der Waals surface area contributed by atoms with Gasteiger partial charge in [-0.3, -0.25) is 9.59 Å². The van der Waals surface area contributed by atoms with Crippen LogP contribution in [0, 0.1) is 11.3 Å². The van der Waals surface area contributed by atoms with E-state index in [9.17, 15) is 9.59 Å². The van der Waals surface area contributed by atoms with E-state index >= 15 is 0 Å². The summed E-state index contributed by atoms with van der Waals surface area (Å²) in [5.41, 5.74) is 1.73. The number of hydrogen-bond donors (Lipinski definition) is 1. The highest BCUT2D eigenvalue weighted by Gasteiger charge is 2.37. The fourth-order valence-electron chi connectivity index (χ4n) is 3.06. The summed E-state index contributed by atoms with van der Waals surface area (Å²) < 4.78 is 5.94. The maximum absolute atomic E-state index is 13.2. The van der Waals surface area contributed by atoms with Crippen LogP contribution in [-0.4, -0.2) is 25.0 Å². The van der Waals surface area contributed by atoms with E-state index in [1.165, 1.54) is 6.08 Å². The molecule has 2 aromatic rings. The summed E-state index contributed by atoms with van der Waals surface area (Å²) in [6.45, 7) is 9.03. The summed E-state index contributed by atoms with van der Waals surface area (Å²) in [6, 6.07) is 7.41. The number of thiophene rings is 1. The van der Waals surface area contributed by atoms with Crippen molar-refractivity contribution in [3.05, 3.63) is 46.7 Å². The molecule has 154 valence electrons. The number of ether oxygens (including phenoxy) is 1. The van der Waals surface area contributed by atoms with Gasteiger partial charge in [0.1, 0.15) is 12.4 Å². The van der Waals surface area contributed by atoms with Crippen LogP contribution in [0.25, 0.3) is 6.08 Å². The summed E-state index contributed by atoms with van der Waals surface area (Å²) in [7, 11) is 0. The number of carbonyl (C=O) groups is 2. The Hall–Kier alpha value is -2.60. The van der Waals surface area contributed by atoms with Crippen LogP contribution in [0.4, 0.5) is 11.4 Å². The number of benzene rings is 1. The van der Waals surface area contributed by atoms with Crippen LogP contribution < -0.4 is 15.0 Å². The molecular formula is C23H28N2O3S. The van der Waals surface area contributed by atoms with Gasteiger partial charge in [-0.15, -0.1) is 0 Å². The number of rotatable bonds is 6. The number of anilines is 2. The van der Waals surface area contributed by atoms with Gasteiger partial charge in [0.15, 0.2) is 0 Å². The summed E-state index contributed by atoms with van der Waals surface area (Å²) in [5.74, 6) is 0.965. The molecule has 0 bridgehead atoms. The molecule has 29 heavy (non-hydrogen) atoms. The van der Waals surface area contributed by atoms with Crippen molar-refractivity contribution >= 4 is 40.6 Å². The quantitative estimate of drug-likeness (QED) is 0.664. The third-order valence-electron chi connectivity index (χ3n) is 4.83. The van der Waals surface area contributed by atoms with Crippen LogP contribution in [0.1, 0.15) is 39.7 Å². The molecule has 0 fully saturated rings. The number of fused-ring (bicyclic) bond motifs is 1. The molecule has 2 heterocycles. The summed E-state index contributed by atoms with van der Waals surface area (Å²) >= 11 is 1.59. The Morgan fingerprint density at radius 1 is 1.34 bits per heavy atom. The van der Waals surface area contributed by atoms with E-state index < -0.39 is 5.41 Å². The predicted molar refractivity (Wildman–Crippen MR) is 120 cm³/mol. The second-order valence-electron chi connectivity index (χ2n) is 8.37. The molecule has 1 aliphatic rings. The van der Waals surface area contributed by atoms with Gasteiger partial charge in [-0.05, 0) is 72.9 Å². The molecule has 6 heteroatoms. The van der Waals surface area contributed by atoms with Gasteiger partial charge in [0.2, 0.25) is 11.8 Å². The normalized spacial score (nSPS) is 15.9. The van der Waals surface area contributed by atoms with Gasteiger partial charge >= 0.3 is 0 Å². The molecule has 0 spiro atoms. The molecule has 1 aromatic carbocycles. The zero-order valence-electron chi connectivity index (χ0n) is 17.4. The van der Waals surface area contributed by atoms with Gasteiger partial charge in [-0.1, -0.05) is 13.8 Å². The number of nitrogens with one attached hydrogen (secondary N) is 1. The lowest BCUT2D eigenvalue weighted by atomic mass is 9.92. The molecule has 1 N–H and O–H groups in total. The zero-order valence-corrected chi connectivity index (χ0v) is 18.2. The van der Waals surface area contributed by atoms with Crippen LogP contribution in [-0.2, 0) is 9.59 Å². The van der Waals surface area contributed by atoms with E-state index in [0.717, 1.165) is 12.0 Å². The Labute approximate surface area is 176 Å². The molecule has 5 nitrogen and oxygen atoms in total. The van der Waals surface area contributed by atoms with Crippen molar-refractivity contribution in [3.8, 4) is 5.75 Å². The maximum atomic E-state index is 13.2. The van der Waals surface area contributed by atoms with Gasteiger partial charge < -0.3 is 15.0 Å². The molecule has 0 unspecified atom stereocenters. The number of amides is 2. The van der Waals surface area contributed by atoms with Crippen LogP contribution in [0.15, 0.2) is 41.1 Å². The highest BCUT2D eigenvalue weighted by Crippen LogP contribution is 2.38. The summed E-state index contributed by atoms with van der Waals surface area (Å²) in [4.78, 5) is 27.3. The van der Waals surface area contributed by atoms with Crippen LogP contribution in [0.5, 0.6) is 5.75 Å². The lowest BCUT2D eigenvalue weighted by Crippen LogP contribution is -2.42. The largest absolute Gasteiger partial charge is 0.490 e. The molecule has 1 aromatic heterocycles. The Morgan fingerprint density at radius 3 is 2.83 bits per heavy atom. The van der Waals surface area contributed by atoms with Crippen molar-refractivity contribution in [2.24, 2.45) is 11.3 Å². The minimum absolute atomic E-state index is 0.0396. The Kier molecular flexibility index (Phi) is 6.42. The monoisotopic (exact) mass is 412 g/mol. The molecule has 0 atom stereocenters. The first-order chi connectivity index (χ1) is 13.8. The van der Waals surface area contributed by atoms with E-state index in [0.29, 0.717) is 36.2 Å². The molecule has 0 saturated carbocycles. The molecule has 3 rings (SSSR count). The summed E-state index contributed by atoms with van der Waals surface area (Å²) in [5, 5.41) is 6.82. The van der Waals surface area contributed by atoms with E-state index in [2.05, 4.69) is 19.2 Å². The van der Waals surface area contributed by atoms with Gasteiger partial charge in [0, 0.05) is 18.3 Å². The smallest absolute Gasteiger partial charge is 0.248 e. The first kappa shape index (κ1) is 21.1. The number of nitrogens with zero attached hydrogens (tertiary/aromatic N) is 1. The molecule has 2 amide bonds. The van der Waals surface area contributed by atoms with E-state index in [4.69, 9.17) is 4.74 Å². The third-order valence-corrected chi connectivity index (χ3v) is 5.53. The van der Waals surface area contributed by atoms with Crippen LogP contribution in [0.2, 0.25) is 0 Å². The van der Waals surface area contributed by atoms with Crippen molar-refractivity contribution in [2.75, 3.05) is 23.4 Å². The molecule has 1 aliphatic heterocycles. The molecule has 0 radical (unpaired) electrons. The third kappa shape index (κ3) is 5.26. The minimum Gasteiger partial charge on any atom is -0.490 e. The van der Waals surface area contributed by atoms with Crippen molar-refractivity contribution in [1.29, 1.82) is 0 Å². The van der Waals surface area contributed by atoms with Crippen molar-refractivity contribution < 1.29 is 14.3 Å². The fourth-order valence-corrected chi connectivity index (χ4v) is 3.69. The first-order valence-corrected chi connectivity index (χ1v) is 10.8. The average molecular weight is 413 g/mol. The van der Waals surface area contributed by atoms with E-state index in [1.807, 2.05) is 42.8 Å². The van der Waals surface area contributed by atoms with Crippen molar-refractivity contribution in [1.82, 2.24) is 0 Å². The SMILES string of the molecule is CC(C)CCN1C(=O)C(C)(C)COc2ccc(NC(=O)/C=C/c3ccsc3)cc21. The number of carbonyl (C=O) groups excluding carboxylic acids is 2. The fraction of sp³-hybridized carbons (Fsp3) is 0.391. The van der Waals surface area contributed by atoms with Gasteiger partial charge in [-0.2, -0.15) is 11.3 Å². The van der Waals surface area contributed by atoms with Crippen molar-refractivity contribution in [2.45, 2.75) is 34.1 Å². The Morgan fingerprint density at radius 2 is 2.14 bits per heavy atom. The zero-order chi connectivity index (χ0) is 21.0. The predicted octanol–water partition coefficient (Wildman–Crippen LogP) is 5.20. The topological polar surface area (TPSA) is 58.6 Å².